The standard InChI is InChI=1S/C21H26N2O3S2/c1-14-5-7-19(11-15(14)2)27-10-9-22-21(24)17-6-8-20-18(13-17)12-16(3)23(20)28(4,25)26/h5-8,11,13,16H,9-10,12H2,1-4H3,(H,22,24). The van der Waals surface area contributed by atoms with E-state index < -0.39 is 10.0 Å². The molecule has 0 radical (unpaired) electrons. The third kappa shape index (κ3) is 4.52. The Hall–Kier alpha value is -1.99. The lowest BCUT2D eigenvalue weighted by molar-refractivity contribution is 0.0956. The largest absolute Gasteiger partial charge is 0.351 e. The zero-order valence-electron chi connectivity index (χ0n) is 16.7. The highest BCUT2D eigenvalue weighted by atomic mass is 32.2. The monoisotopic (exact) mass is 418 g/mol. The second-order valence-corrected chi connectivity index (χ2v) is 10.3. The van der Waals surface area contributed by atoms with E-state index in [2.05, 4.69) is 37.4 Å². The van der Waals surface area contributed by atoms with Gasteiger partial charge in [-0.05, 0) is 74.2 Å². The molecule has 1 aliphatic heterocycles. The number of nitrogens with one attached hydrogen (secondary N) is 1. The van der Waals surface area contributed by atoms with E-state index in [0.29, 0.717) is 24.2 Å². The van der Waals surface area contributed by atoms with Gasteiger partial charge in [0.1, 0.15) is 0 Å². The number of aryl methyl sites for hydroxylation is 2. The third-order valence-electron chi connectivity index (χ3n) is 4.99. The maximum Gasteiger partial charge on any atom is 0.251 e. The van der Waals surface area contributed by atoms with E-state index >= 15 is 0 Å². The first kappa shape index (κ1) is 20.7. The van der Waals surface area contributed by atoms with Crippen LogP contribution in [-0.2, 0) is 16.4 Å². The summed E-state index contributed by atoms with van der Waals surface area (Å²) in [5.41, 5.74) is 4.69. The Morgan fingerprint density at radius 2 is 1.93 bits per heavy atom. The number of carbonyl (C=O) groups is 1. The molecule has 3 rings (SSSR count). The lowest BCUT2D eigenvalue weighted by Crippen LogP contribution is -2.34. The fourth-order valence-electron chi connectivity index (χ4n) is 3.49. The number of amides is 1. The van der Waals surface area contributed by atoms with Crippen LogP contribution < -0.4 is 9.62 Å². The minimum Gasteiger partial charge on any atom is -0.351 e. The molecule has 0 spiro atoms. The molecule has 7 heteroatoms. The Bertz CT molecular complexity index is 1000. The molecule has 2 aromatic carbocycles. The number of hydrogen-bond acceptors (Lipinski definition) is 4. The van der Waals surface area contributed by atoms with E-state index in [1.807, 2.05) is 13.0 Å². The van der Waals surface area contributed by atoms with Gasteiger partial charge in [-0.25, -0.2) is 8.42 Å². The van der Waals surface area contributed by atoms with E-state index in [9.17, 15) is 13.2 Å². The van der Waals surface area contributed by atoms with Gasteiger partial charge in [0.2, 0.25) is 10.0 Å². The molecule has 2 aromatic rings. The van der Waals surface area contributed by atoms with Crippen molar-refractivity contribution in [1.29, 1.82) is 0 Å². The van der Waals surface area contributed by atoms with E-state index in [-0.39, 0.29) is 11.9 Å². The number of benzene rings is 2. The second-order valence-electron chi connectivity index (χ2n) is 7.31. The molecule has 1 unspecified atom stereocenters. The van der Waals surface area contributed by atoms with Crippen molar-refractivity contribution in [1.82, 2.24) is 5.32 Å². The quantitative estimate of drug-likeness (QED) is 0.576. The summed E-state index contributed by atoms with van der Waals surface area (Å²) in [4.78, 5) is 13.7. The van der Waals surface area contributed by atoms with Gasteiger partial charge < -0.3 is 5.32 Å². The fraction of sp³-hybridized carbons (Fsp3) is 0.381. The lowest BCUT2D eigenvalue weighted by atomic mass is 10.1. The Balaban J connectivity index is 1.58. The Kier molecular flexibility index (Phi) is 6.05. The molecule has 0 aromatic heterocycles. The molecule has 1 aliphatic rings. The molecule has 150 valence electrons. The highest BCUT2D eigenvalue weighted by Crippen LogP contribution is 2.34. The first-order chi connectivity index (χ1) is 13.2. The van der Waals surface area contributed by atoms with Gasteiger partial charge in [-0.2, -0.15) is 0 Å². The molecule has 0 saturated carbocycles. The summed E-state index contributed by atoms with van der Waals surface area (Å²) in [5.74, 6) is 0.659. The van der Waals surface area contributed by atoms with Crippen LogP contribution in [-0.4, -0.2) is 38.9 Å². The Labute approximate surface area is 171 Å². The van der Waals surface area contributed by atoms with Gasteiger partial charge in [0.05, 0.1) is 11.9 Å². The number of sulfonamides is 1. The van der Waals surface area contributed by atoms with Gasteiger partial charge in [-0.15, -0.1) is 11.8 Å². The van der Waals surface area contributed by atoms with Crippen molar-refractivity contribution >= 4 is 33.4 Å². The van der Waals surface area contributed by atoms with Crippen LogP contribution in [0.1, 0.15) is 34.0 Å². The molecule has 5 nitrogen and oxygen atoms in total. The number of fused-ring (bicyclic) bond motifs is 1. The average Bonchev–Trinajstić information content (AvgIpc) is 2.96. The second kappa shape index (κ2) is 8.17. The number of anilines is 1. The molecule has 1 heterocycles. The molecular weight excluding hydrogens is 392 g/mol. The summed E-state index contributed by atoms with van der Waals surface area (Å²) >= 11 is 1.72. The van der Waals surface area contributed by atoms with Crippen molar-refractivity contribution in [3.63, 3.8) is 0 Å². The number of nitrogens with zero attached hydrogens (tertiary/aromatic N) is 1. The summed E-state index contributed by atoms with van der Waals surface area (Å²) in [5, 5.41) is 2.95. The van der Waals surface area contributed by atoms with Gasteiger partial charge in [-0.3, -0.25) is 9.10 Å². The van der Waals surface area contributed by atoms with Crippen molar-refractivity contribution in [2.24, 2.45) is 0 Å². The maximum atomic E-state index is 12.5. The number of carbonyl (C=O) groups excluding carboxylic acids is 1. The summed E-state index contributed by atoms with van der Waals surface area (Å²) in [7, 11) is -3.32. The van der Waals surface area contributed by atoms with Crippen LogP contribution in [0.5, 0.6) is 0 Å². The first-order valence-corrected chi connectivity index (χ1v) is 12.1. The number of hydrogen-bond donors (Lipinski definition) is 1. The van der Waals surface area contributed by atoms with Crippen LogP contribution in [0.2, 0.25) is 0 Å². The summed E-state index contributed by atoms with van der Waals surface area (Å²) < 4.78 is 25.4. The van der Waals surface area contributed by atoms with E-state index in [0.717, 1.165) is 11.3 Å². The molecular formula is C21H26N2O3S2. The Morgan fingerprint density at radius 1 is 1.18 bits per heavy atom. The fourth-order valence-corrected chi connectivity index (χ4v) is 5.62. The highest BCUT2D eigenvalue weighted by molar-refractivity contribution is 7.99. The molecule has 0 fully saturated rings. The summed E-state index contributed by atoms with van der Waals surface area (Å²) in [6.07, 6.45) is 1.83. The van der Waals surface area contributed by atoms with Crippen molar-refractivity contribution in [3.05, 3.63) is 58.7 Å². The van der Waals surface area contributed by atoms with Crippen molar-refractivity contribution in [2.75, 3.05) is 22.9 Å². The summed E-state index contributed by atoms with van der Waals surface area (Å²) in [6.45, 7) is 6.64. The third-order valence-corrected chi connectivity index (χ3v) is 7.25. The van der Waals surface area contributed by atoms with Gasteiger partial charge in [0, 0.05) is 28.8 Å². The van der Waals surface area contributed by atoms with Crippen LogP contribution in [0.15, 0.2) is 41.3 Å². The molecule has 0 bridgehead atoms. The normalized spacial score (nSPS) is 16.1. The molecule has 0 aliphatic carbocycles. The SMILES string of the molecule is Cc1ccc(SCCNC(=O)c2ccc3c(c2)CC(C)N3S(C)(=O)=O)cc1C. The van der Waals surface area contributed by atoms with Gasteiger partial charge >= 0.3 is 0 Å². The van der Waals surface area contributed by atoms with Crippen LogP contribution in [0.25, 0.3) is 0 Å². The molecule has 1 atom stereocenters. The van der Waals surface area contributed by atoms with E-state index in [1.165, 1.54) is 26.6 Å². The molecule has 0 saturated heterocycles. The smallest absolute Gasteiger partial charge is 0.251 e. The predicted molar refractivity (Wildman–Crippen MR) is 116 cm³/mol. The molecule has 1 N–H and O–H groups in total. The van der Waals surface area contributed by atoms with Crippen LogP contribution >= 0.6 is 11.8 Å². The zero-order valence-corrected chi connectivity index (χ0v) is 18.3. The van der Waals surface area contributed by atoms with Crippen molar-refractivity contribution in [2.45, 2.75) is 38.1 Å². The first-order valence-electron chi connectivity index (χ1n) is 9.27. The number of rotatable bonds is 6. The van der Waals surface area contributed by atoms with Crippen LogP contribution in [0, 0.1) is 13.8 Å². The van der Waals surface area contributed by atoms with Crippen molar-refractivity contribution in [3.8, 4) is 0 Å². The van der Waals surface area contributed by atoms with Crippen LogP contribution in [0.3, 0.4) is 0 Å². The molecule has 28 heavy (non-hydrogen) atoms. The Morgan fingerprint density at radius 3 is 2.61 bits per heavy atom. The van der Waals surface area contributed by atoms with Gasteiger partial charge in [0.25, 0.3) is 5.91 Å². The zero-order chi connectivity index (χ0) is 20.5. The lowest BCUT2D eigenvalue weighted by Gasteiger charge is -2.21. The summed E-state index contributed by atoms with van der Waals surface area (Å²) in [6, 6.07) is 11.5. The highest BCUT2D eigenvalue weighted by Gasteiger charge is 2.32. The van der Waals surface area contributed by atoms with Gasteiger partial charge in [0.15, 0.2) is 0 Å². The van der Waals surface area contributed by atoms with Crippen molar-refractivity contribution < 1.29 is 13.2 Å². The van der Waals surface area contributed by atoms with Gasteiger partial charge in [-0.1, -0.05) is 6.07 Å². The number of thioether (sulfide) groups is 1. The van der Waals surface area contributed by atoms with E-state index in [1.54, 1.807) is 23.9 Å². The topological polar surface area (TPSA) is 66.5 Å². The van der Waals surface area contributed by atoms with Crippen LogP contribution in [0.4, 0.5) is 5.69 Å². The average molecular weight is 419 g/mol. The predicted octanol–water partition coefficient (Wildman–Crippen LogP) is 3.54. The maximum absolute atomic E-state index is 12.5. The molecule has 1 amide bonds. The minimum atomic E-state index is -3.32. The minimum absolute atomic E-state index is 0.127. The van der Waals surface area contributed by atoms with E-state index in [4.69, 9.17) is 0 Å².